The minimum absolute atomic E-state index is 0.261. The Labute approximate surface area is 168 Å². The van der Waals surface area contributed by atoms with Crippen LogP contribution in [0.3, 0.4) is 0 Å². The first-order valence-electron chi connectivity index (χ1n) is 9.29. The number of benzene rings is 1. The molecule has 1 aliphatic rings. The standard InChI is InChI=1S/C19H27N3O5S/c1-11(2)22-8-14(20-21-22)9-26-15-6-4-13(5-7-15)10-28-19-18(25)17(24)16(23)12(3)27-19/h4-8,11-12,16-19,23-25H,9-10H2,1-3H3/t12?,16-,17?,18?,19+/m1/s1. The lowest BCUT2D eigenvalue weighted by Crippen LogP contribution is -2.55. The first-order valence-corrected chi connectivity index (χ1v) is 10.3. The molecular weight excluding hydrogens is 382 g/mol. The Balaban J connectivity index is 1.49. The van der Waals surface area contributed by atoms with E-state index in [9.17, 15) is 15.3 Å². The van der Waals surface area contributed by atoms with Crippen LogP contribution in [0.25, 0.3) is 0 Å². The molecule has 0 amide bonds. The minimum atomic E-state index is -1.20. The van der Waals surface area contributed by atoms with Gasteiger partial charge in [0.15, 0.2) is 0 Å². The third-order valence-electron chi connectivity index (χ3n) is 4.62. The van der Waals surface area contributed by atoms with Gasteiger partial charge >= 0.3 is 0 Å². The zero-order valence-corrected chi connectivity index (χ0v) is 17.0. The van der Waals surface area contributed by atoms with Gasteiger partial charge in [-0.15, -0.1) is 16.9 Å². The second kappa shape index (κ2) is 9.23. The van der Waals surface area contributed by atoms with Gasteiger partial charge in [0.05, 0.1) is 12.3 Å². The molecule has 2 aromatic rings. The van der Waals surface area contributed by atoms with Crippen molar-refractivity contribution in [3.8, 4) is 5.75 Å². The van der Waals surface area contributed by atoms with Crippen molar-refractivity contribution in [3.63, 3.8) is 0 Å². The molecule has 154 valence electrons. The summed E-state index contributed by atoms with van der Waals surface area (Å²) in [6.07, 6.45) is -2.06. The molecule has 1 aliphatic heterocycles. The van der Waals surface area contributed by atoms with Gasteiger partial charge in [-0.1, -0.05) is 17.3 Å². The fraction of sp³-hybridized carbons (Fsp3) is 0.579. The number of hydrogen-bond acceptors (Lipinski definition) is 8. The molecule has 0 aliphatic carbocycles. The van der Waals surface area contributed by atoms with Crippen molar-refractivity contribution in [2.45, 2.75) is 69.0 Å². The Kier molecular flexibility index (Phi) is 6.95. The van der Waals surface area contributed by atoms with Crippen molar-refractivity contribution in [1.29, 1.82) is 0 Å². The van der Waals surface area contributed by atoms with Crippen LogP contribution in [-0.2, 0) is 17.1 Å². The number of thioether (sulfide) groups is 1. The summed E-state index contributed by atoms with van der Waals surface area (Å²) in [5, 5.41) is 37.8. The van der Waals surface area contributed by atoms with Gasteiger partial charge in [0, 0.05) is 11.8 Å². The normalized spacial score (nSPS) is 27.9. The lowest BCUT2D eigenvalue weighted by molar-refractivity contribution is -0.192. The van der Waals surface area contributed by atoms with Crippen LogP contribution in [0.15, 0.2) is 30.5 Å². The topological polar surface area (TPSA) is 110 Å². The molecule has 1 aromatic heterocycles. The van der Waals surface area contributed by atoms with Crippen molar-refractivity contribution in [2.75, 3.05) is 0 Å². The lowest BCUT2D eigenvalue weighted by Gasteiger charge is -2.39. The molecule has 0 spiro atoms. The third kappa shape index (κ3) is 5.03. The summed E-state index contributed by atoms with van der Waals surface area (Å²) in [5.74, 6) is 1.33. The van der Waals surface area contributed by atoms with E-state index in [0.717, 1.165) is 17.0 Å². The van der Waals surface area contributed by atoms with E-state index < -0.39 is 29.9 Å². The molecule has 1 fully saturated rings. The zero-order chi connectivity index (χ0) is 20.3. The number of aromatic nitrogens is 3. The molecule has 9 heteroatoms. The number of hydrogen-bond donors (Lipinski definition) is 3. The van der Waals surface area contributed by atoms with E-state index in [0.29, 0.717) is 12.4 Å². The van der Waals surface area contributed by atoms with E-state index in [1.165, 1.54) is 11.8 Å². The maximum absolute atomic E-state index is 10.1. The van der Waals surface area contributed by atoms with Crippen LogP contribution in [0.4, 0.5) is 0 Å². The monoisotopic (exact) mass is 409 g/mol. The maximum atomic E-state index is 10.1. The van der Waals surface area contributed by atoms with Gasteiger partial charge in [0.2, 0.25) is 0 Å². The quantitative estimate of drug-likeness (QED) is 0.631. The van der Waals surface area contributed by atoms with E-state index in [1.54, 1.807) is 11.6 Å². The van der Waals surface area contributed by atoms with Gasteiger partial charge in [-0.25, -0.2) is 4.68 Å². The number of aliphatic hydroxyl groups is 3. The van der Waals surface area contributed by atoms with Crippen molar-refractivity contribution in [3.05, 3.63) is 41.7 Å². The second-order valence-corrected chi connectivity index (χ2v) is 8.30. The first kappa shape index (κ1) is 21.1. The van der Waals surface area contributed by atoms with Crippen molar-refractivity contribution >= 4 is 11.8 Å². The summed E-state index contributed by atoms with van der Waals surface area (Å²) in [7, 11) is 0. The molecule has 1 aromatic carbocycles. The highest BCUT2D eigenvalue weighted by molar-refractivity contribution is 7.99. The van der Waals surface area contributed by atoms with Crippen LogP contribution in [-0.4, -0.2) is 60.2 Å². The Morgan fingerprint density at radius 2 is 1.86 bits per heavy atom. The van der Waals surface area contributed by atoms with E-state index in [1.807, 2.05) is 44.3 Å². The average molecular weight is 410 g/mol. The van der Waals surface area contributed by atoms with E-state index in [-0.39, 0.29) is 6.04 Å². The zero-order valence-electron chi connectivity index (χ0n) is 16.2. The lowest BCUT2D eigenvalue weighted by atomic mass is 10.0. The second-order valence-electron chi connectivity index (χ2n) is 7.21. The Bertz CT molecular complexity index is 754. The largest absolute Gasteiger partial charge is 0.487 e. The number of nitrogens with zero attached hydrogens (tertiary/aromatic N) is 3. The van der Waals surface area contributed by atoms with Gasteiger partial charge < -0.3 is 24.8 Å². The van der Waals surface area contributed by atoms with Gasteiger partial charge in [0.1, 0.15) is 41.8 Å². The molecular formula is C19H27N3O5S. The summed E-state index contributed by atoms with van der Waals surface area (Å²) in [4.78, 5) is 0. The van der Waals surface area contributed by atoms with Crippen molar-refractivity contribution < 1.29 is 24.8 Å². The first-order chi connectivity index (χ1) is 13.3. The fourth-order valence-electron chi connectivity index (χ4n) is 2.80. The fourth-order valence-corrected chi connectivity index (χ4v) is 3.96. The van der Waals surface area contributed by atoms with Gasteiger partial charge in [-0.2, -0.15) is 0 Å². The van der Waals surface area contributed by atoms with Crippen LogP contribution < -0.4 is 4.74 Å². The van der Waals surface area contributed by atoms with Crippen LogP contribution in [0.5, 0.6) is 5.75 Å². The number of rotatable bonds is 7. The molecule has 0 saturated carbocycles. The Morgan fingerprint density at radius 1 is 1.14 bits per heavy atom. The summed E-state index contributed by atoms with van der Waals surface area (Å²) < 4.78 is 13.1. The SMILES string of the molecule is CC1O[C@@H](SCc2ccc(OCc3cn(C(C)C)nn3)cc2)C(O)C(O)[C@@H]1O. The van der Waals surface area contributed by atoms with Gasteiger partial charge in [0.25, 0.3) is 0 Å². The summed E-state index contributed by atoms with van der Waals surface area (Å²) in [5.41, 5.74) is 1.21. The molecule has 2 heterocycles. The summed E-state index contributed by atoms with van der Waals surface area (Å²) in [6.45, 7) is 6.11. The molecule has 5 atom stereocenters. The van der Waals surface area contributed by atoms with Crippen LogP contribution in [0.2, 0.25) is 0 Å². The van der Waals surface area contributed by atoms with E-state index in [2.05, 4.69) is 10.3 Å². The predicted octanol–water partition coefficient (Wildman–Crippen LogP) is 1.50. The van der Waals surface area contributed by atoms with Crippen LogP contribution >= 0.6 is 11.8 Å². The highest BCUT2D eigenvalue weighted by Crippen LogP contribution is 2.30. The average Bonchev–Trinajstić information content (AvgIpc) is 3.17. The molecule has 3 N–H and O–H groups in total. The van der Waals surface area contributed by atoms with E-state index in [4.69, 9.17) is 9.47 Å². The molecule has 1 saturated heterocycles. The van der Waals surface area contributed by atoms with Gasteiger partial charge in [-0.05, 0) is 38.5 Å². The third-order valence-corrected chi connectivity index (χ3v) is 5.84. The predicted molar refractivity (Wildman–Crippen MR) is 105 cm³/mol. The summed E-state index contributed by atoms with van der Waals surface area (Å²) in [6, 6.07) is 7.90. The Hall–Kier alpha value is -1.65. The molecule has 3 rings (SSSR count). The van der Waals surface area contributed by atoms with Gasteiger partial charge in [-0.3, -0.25) is 0 Å². The smallest absolute Gasteiger partial charge is 0.134 e. The molecule has 8 nitrogen and oxygen atoms in total. The molecule has 0 bridgehead atoms. The Morgan fingerprint density at radius 3 is 2.50 bits per heavy atom. The summed E-state index contributed by atoms with van der Waals surface area (Å²) >= 11 is 1.38. The van der Waals surface area contributed by atoms with Crippen molar-refractivity contribution in [2.24, 2.45) is 0 Å². The minimum Gasteiger partial charge on any atom is -0.487 e. The number of ether oxygens (including phenoxy) is 2. The van der Waals surface area contributed by atoms with Crippen LogP contribution in [0, 0.1) is 0 Å². The van der Waals surface area contributed by atoms with Crippen LogP contribution in [0.1, 0.15) is 38.1 Å². The van der Waals surface area contributed by atoms with E-state index >= 15 is 0 Å². The maximum Gasteiger partial charge on any atom is 0.134 e. The molecule has 0 radical (unpaired) electrons. The molecule has 28 heavy (non-hydrogen) atoms. The highest BCUT2D eigenvalue weighted by atomic mass is 32.2. The van der Waals surface area contributed by atoms with Crippen molar-refractivity contribution in [1.82, 2.24) is 15.0 Å². The molecule has 3 unspecified atom stereocenters. The highest BCUT2D eigenvalue weighted by Gasteiger charge is 2.41. The number of aliphatic hydroxyl groups excluding tert-OH is 3.